The number of azide groups is 1. The monoisotopic (exact) mass is 651 g/mol. The summed E-state index contributed by atoms with van der Waals surface area (Å²) in [5.41, 5.74) is 10.8. The van der Waals surface area contributed by atoms with E-state index in [0.717, 1.165) is 11.6 Å². The van der Waals surface area contributed by atoms with E-state index in [-0.39, 0.29) is 38.4 Å². The predicted octanol–water partition coefficient (Wildman–Crippen LogP) is 7.26. The Morgan fingerprint density at radius 1 is 1.04 bits per heavy atom. The number of rotatable bonds is 15. The molecule has 0 aliphatic carbocycles. The van der Waals surface area contributed by atoms with Gasteiger partial charge in [-0.2, -0.15) is 0 Å². The Kier molecular flexibility index (Phi) is 11.5. The number of carbonyl (C=O) groups excluding carboxylic acids is 1. The molecule has 246 valence electrons. The number of nitrogens with zero attached hydrogens (tertiary/aromatic N) is 4. The molecule has 4 aromatic carbocycles. The Labute approximate surface area is 277 Å². The molecular formula is C37H35F2N5O4. The quantitative estimate of drug-likeness (QED) is 0.0607. The van der Waals surface area contributed by atoms with E-state index >= 15 is 0 Å². The molecule has 2 N–H and O–H groups in total. The summed E-state index contributed by atoms with van der Waals surface area (Å²) >= 11 is 0. The fraction of sp³-hybridized carbons (Fsp3) is 0.243. The second kappa shape index (κ2) is 16.4. The van der Waals surface area contributed by atoms with Crippen molar-refractivity contribution in [2.24, 2.45) is 10.1 Å². The van der Waals surface area contributed by atoms with Gasteiger partial charge < -0.3 is 19.9 Å². The average molecular weight is 652 g/mol. The summed E-state index contributed by atoms with van der Waals surface area (Å²) in [5, 5.41) is 15.8. The number of benzene rings is 4. The summed E-state index contributed by atoms with van der Waals surface area (Å²) in [6, 6.07) is 27.2. The molecule has 0 bridgehead atoms. The number of ether oxygens (including phenoxy) is 2. The number of nitrogens with one attached hydrogen (secondary N) is 1. The molecule has 1 aliphatic rings. The van der Waals surface area contributed by atoms with Gasteiger partial charge in [-0.1, -0.05) is 71.9 Å². The standard InChI is InChI=1S/C37H35F2N5O4/c38-30-22-27(23-31(39)24-30)17-19-41-36(46)37(18-6-10-26-8-2-1-3-9-26)34(33-12-5-4-11-29(33)25-42-44-40)48-35(43-37)28-13-15-32(16-14-28)47-21-7-20-45/h1-6,8-16,22-24,34,45H,7,17-21,25H2,(H,41,46)/b10-6+/t34-,37-/m1/s1. The first-order chi connectivity index (χ1) is 23.4. The Morgan fingerprint density at radius 2 is 1.77 bits per heavy atom. The first kappa shape index (κ1) is 33.8. The van der Waals surface area contributed by atoms with E-state index in [9.17, 15) is 13.6 Å². The van der Waals surface area contributed by atoms with Crippen molar-refractivity contribution < 1.29 is 28.2 Å². The summed E-state index contributed by atoms with van der Waals surface area (Å²) in [4.78, 5) is 22.3. The van der Waals surface area contributed by atoms with Gasteiger partial charge in [0.25, 0.3) is 5.91 Å². The largest absolute Gasteiger partial charge is 0.494 e. The van der Waals surface area contributed by atoms with Crippen LogP contribution in [0.2, 0.25) is 0 Å². The van der Waals surface area contributed by atoms with Crippen molar-refractivity contribution in [1.82, 2.24) is 5.32 Å². The lowest BCUT2D eigenvalue weighted by atomic mass is 9.82. The highest BCUT2D eigenvalue weighted by Crippen LogP contribution is 2.44. The molecule has 11 heteroatoms. The van der Waals surface area contributed by atoms with E-state index in [1.807, 2.05) is 66.7 Å². The zero-order chi connectivity index (χ0) is 33.8. The van der Waals surface area contributed by atoms with E-state index in [1.165, 1.54) is 12.1 Å². The average Bonchev–Trinajstić information content (AvgIpc) is 3.48. The zero-order valence-corrected chi connectivity index (χ0v) is 26.1. The minimum Gasteiger partial charge on any atom is -0.494 e. The zero-order valence-electron chi connectivity index (χ0n) is 26.1. The van der Waals surface area contributed by atoms with Gasteiger partial charge in [-0.25, -0.2) is 13.8 Å². The molecule has 0 fully saturated rings. The smallest absolute Gasteiger partial charge is 0.252 e. The molecule has 48 heavy (non-hydrogen) atoms. The van der Waals surface area contributed by atoms with Crippen LogP contribution in [0.3, 0.4) is 0 Å². The van der Waals surface area contributed by atoms with Gasteiger partial charge in [0.15, 0.2) is 11.6 Å². The van der Waals surface area contributed by atoms with Gasteiger partial charge in [0, 0.05) is 42.5 Å². The van der Waals surface area contributed by atoms with Gasteiger partial charge in [0.2, 0.25) is 5.90 Å². The van der Waals surface area contributed by atoms with Crippen LogP contribution >= 0.6 is 0 Å². The highest BCUT2D eigenvalue weighted by Gasteiger charge is 2.53. The molecule has 1 aliphatic heterocycles. The summed E-state index contributed by atoms with van der Waals surface area (Å²) in [6.07, 6.45) is 3.66. The lowest BCUT2D eigenvalue weighted by Crippen LogP contribution is -2.48. The van der Waals surface area contributed by atoms with Crippen molar-refractivity contribution >= 4 is 17.9 Å². The second-order valence-electron chi connectivity index (χ2n) is 11.2. The van der Waals surface area contributed by atoms with Crippen molar-refractivity contribution in [2.45, 2.75) is 37.5 Å². The molecule has 0 saturated carbocycles. The summed E-state index contributed by atoms with van der Waals surface area (Å²) < 4.78 is 40.0. The number of amides is 1. The number of carbonyl (C=O) groups is 1. The number of hydrogen-bond acceptors (Lipinski definition) is 6. The molecule has 0 aromatic heterocycles. The predicted molar refractivity (Wildman–Crippen MR) is 179 cm³/mol. The van der Waals surface area contributed by atoms with Crippen molar-refractivity contribution in [2.75, 3.05) is 19.8 Å². The van der Waals surface area contributed by atoms with E-state index in [0.29, 0.717) is 41.0 Å². The minimum absolute atomic E-state index is 0.0211. The maximum atomic E-state index is 14.4. The van der Waals surface area contributed by atoms with Crippen molar-refractivity contribution in [1.29, 1.82) is 0 Å². The van der Waals surface area contributed by atoms with Gasteiger partial charge in [0.1, 0.15) is 17.4 Å². The lowest BCUT2D eigenvalue weighted by molar-refractivity contribution is -0.128. The third-order valence-corrected chi connectivity index (χ3v) is 7.83. The maximum absolute atomic E-state index is 14.4. The number of hydrogen-bond donors (Lipinski definition) is 2. The molecule has 0 saturated heterocycles. The molecule has 0 spiro atoms. The topological polar surface area (TPSA) is 129 Å². The Morgan fingerprint density at radius 3 is 2.50 bits per heavy atom. The number of aliphatic hydroxyl groups is 1. The fourth-order valence-corrected chi connectivity index (χ4v) is 5.50. The highest BCUT2D eigenvalue weighted by molar-refractivity contribution is 6.01. The van der Waals surface area contributed by atoms with Crippen LogP contribution in [0.4, 0.5) is 8.78 Å². The van der Waals surface area contributed by atoms with E-state index in [4.69, 9.17) is 25.1 Å². The molecule has 1 amide bonds. The van der Waals surface area contributed by atoms with Crippen molar-refractivity contribution in [3.8, 4) is 5.75 Å². The lowest BCUT2D eigenvalue weighted by Gasteiger charge is -2.31. The maximum Gasteiger partial charge on any atom is 0.252 e. The van der Waals surface area contributed by atoms with Gasteiger partial charge >= 0.3 is 0 Å². The van der Waals surface area contributed by atoms with Crippen LogP contribution in [0.25, 0.3) is 16.5 Å². The third kappa shape index (κ3) is 8.44. The molecule has 5 rings (SSSR count). The molecule has 0 unspecified atom stereocenters. The molecular weight excluding hydrogens is 616 g/mol. The first-order valence-corrected chi connectivity index (χ1v) is 15.6. The Bertz CT molecular complexity index is 1790. The van der Waals surface area contributed by atoms with Crippen molar-refractivity contribution in [3.63, 3.8) is 0 Å². The fourth-order valence-electron chi connectivity index (χ4n) is 5.50. The van der Waals surface area contributed by atoms with E-state index in [1.54, 1.807) is 24.3 Å². The van der Waals surface area contributed by atoms with Crippen LogP contribution in [0.5, 0.6) is 5.75 Å². The summed E-state index contributed by atoms with van der Waals surface area (Å²) in [7, 11) is 0. The first-order valence-electron chi connectivity index (χ1n) is 15.6. The summed E-state index contributed by atoms with van der Waals surface area (Å²) in [6.45, 7) is 0.498. The normalized spacial score (nSPS) is 17.0. The molecule has 4 aromatic rings. The van der Waals surface area contributed by atoms with Crippen LogP contribution < -0.4 is 10.1 Å². The van der Waals surface area contributed by atoms with Gasteiger partial charge in [0.05, 0.1) is 13.2 Å². The second-order valence-corrected chi connectivity index (χ2v) is 11.2. The number of halogens is 2. The minimum atomic E-state index is -1.52. The van der Waals surface area contributed by atoms with Gasteiger partial charge in [-0.3, -0.25) is 4.79 Å². The van der Waals surface area contributed by atoms with Crippen LogP contribution in [0.15, 0.2) is 113 Å². The van der Waals surface area contributed by atoms with E-state index in [2.05, 4.69) is 15.3 Å². The highest BCUT2D eigenvalue weighted by atomic mass is 19.1. The SMILES string of the molecule is [N-]=[N+]=NCc1ccccc1[C@H]1OC(c2ccc(OCCCO)cc2)=N[C@@]1(C/C=C/c1ccccc1)C(=O)NCCc1cc(F)cc(F)c1. The Hall–Kier alpha value is -5.51. The van der Waals surface area contributed by atoms with Crippen LogP contribution in [-0.4, -0.2) is 42.2 Å². The van der Waals surface area contributed by atoms with Crippen LogP contribution in [0.1, 0.15) is 46.8 Å². The Balaban J connectivity index is 1.54. The molecule has 2 atom stereocenters. The van der Waals surface area contributed by atoms with Gasteiger partial charge in [-0.05, 0) is 70.6 Å². The number of aliphatic hydroxyl groups excluding tert-OH is 1. The third-order valence-electron chi connectivity index (χ3n) is 7.83. The number of aliphatic imine (C=N–C) groups is 1. The van der Waals surface area contributed by atoms with Crippen LogP contribution in [0, 0.1) is 11.6 Å². The van der Waals surface area contributed by atoms with Crippen LogP contribution in [-0.2, 0) is 22.5 Å². The molecule has 1 heterocycles. The molecule has 9 nitrogen and oxygen atoms in total. The summed E-state index contributed by atoms with van der Waals surface area (Å²) in [5.74, 6) is -1.00. The van der Waals surface area contributed by atoms with Crippen molar-refractivity contribution in [3.05, 3.63) is 153 Å². The van der Waals surface area contributed by atoms with E-state index < -0.39 is 29.2 Å². The molecule has 0 radical (unpaired) electrons. The van der Waals surface area contributed by atoms with Gasteiger partial charge in [-0.15, -0.1) is 0 Å².